The molecule has 0 bridgehead atoms. The van der Waals surface area contributed by atoms with Crippen LogP contribution >= 0.6 is 0 Å². The lowest BCUT2D eigenvalue weighted by Crippen LogP contribution is -2.51. The number of nitrogens with zero attached hydrogens (tertiary/aromatic N) is 5. The number of aromatic nitrogens is 4. The second-order valence-corrected chi connectivity index (χ2v) is 16.9. The van der Waals surface area contributed by atoms with E-state index in [1.807, 2.05) is 92.3 Å². The van der Waals surface area contributed by atoms with Crippen molar-refractivity contribution in [1.29, 1.82) is 0 Å². The van der Waals surface area contributed by atoms with Crippen LogP contribution in [0.1, 0.15) is 75.4 Å². The van der Waals surface area contributed by atoms with Gasteiger partial charge in [0.05, 0.1) is 49.1 Å². The number of carbonyl (C=O) groups is 3. The molecule has 5 unspecified atom stereocenters. The number of benzene rings is 4. The molecule has 2 aliphatic rings. The Morgan fingerprint density at radius 1 is 0.790 bits per heavy atom. The lowest BCUT2D eigenvalue weighted by atomic mass is 9.98. The molecule has 3 N–H and O–H groups in total. The fraction of sp³-hybridized carbons (Fsp3) is 0.367. The van der Waals surface area contributed by atoms with Gasteiger partial charge in [0.2, 0.25) is 11.8 Å². The number of hydrogen-bond acceptors (Lipinski definition) is 8. The first-order valence-electron chi connectivity index (χ1n) is 21.6. The van der Waals surface area contributed by atoms with Crippen LogP contribution in [-0.2, 0) is 19.1 Å². The van der Waals surface area contributed by atoms with Gasteiger partial charge in [-0.05, 0) is 84.9 Å². The molecule has 2 saturated heterocycles. The molecule has 3 amide bonds. The van der Waals surface area contributed by atoms with E-state index in [9.17, 15) is 14.4 Å². The minimum Gasteiger partial charge on any atom is -0.453 e. The lowest BCUT2D eigenvalue weighted by Gasteiger charge is -2.31. The monoisotopic (exact) mass is 836 g/mol. The van der Waals surface area contributed by atoms with Crippen molar-refractivity contribution in [2.24, 2.45) is 5.92 Å². The molecule has 6 aromatic rings. The normalized spacial score (nSPS) is 18.7. The van der Waals surface area contributed by atoms with Crippen LogP contribution in [0.15, 0.2) is 103 Å². The van der Waals surface area contributed by atoms with Gasteiger partial charge in [-0.25, -0.2) is 14.8 Å². The number of hydrogen-bond donors (Lipinski definition) is 3. The molecule has 13 nitrogen and oxygen atoms in total. The molecule has 2 fully saturated rings. The highest BCUT2D eigenvalue weighted by molar-refractivity contribution is 5.91. The molecule has 322 valence electrons. The van der Waals surface area contributed by atoms with E-state index in [1.165, 1.54) is 7.11 Å². The van der Waals surface area contributed by atoms with Crippen molar-refractivity contribution in [2.45, 2.75) is 70.3 Å². The van der Waals surface area contributed by atoms with Crippen molar-refractivity contribution in [2.75, 3.05) is 40.9 Å². The molecule has 62 heavy (non-hydrogen) atoms. The fourth-order valence-corrected chi connectivity index (χ4v) is 9.04. The quantitative estimate of drug-likeness (QED) is 0.105. The summed E-state index contributed by atoms with van der Waals surface area (Å²) in [4.78, 5) is 62.2. The number of fused-ring (bicyclic) bond motifs is 1. The summed E-state index contributed by atoms with van der Waals surface area (Å²) in [6, 6.07) is 29.7. The van der Waals surface area contributed by atoms with Crippen LogP contribution in [0.25, 0.3) is 44.4 Å². The topological polar surface area (TPSA) is 149 Å². The summed E-state index contributed by atoms with van der Waals surface area (Å²) in [5.41, 5.74) is 6.93. The summed E-state index contributed by atoms with van der Waals surface area (Å²) in [6.45, 7) is 7.50. The number of amides is 3. The number of aromatic amines is 2. The van der Waals surface area contributed by atoms with Crippen molar-refractivity contribution in [3.05, 3.63) is 121 Å². The summed E-state index contributed by atoms with van der Waals surface area (Å²) < 4.78 is 10.8. The van der Waals surface area contributed by atoms with Crippen LogP contribution in [0.5, 0.6) is 0 Å². The predicted molar refractivity (Wildman–Crippen MR) is 240 cm³/mol. The third kappa shape index (κ3) is 8.73. The number of alkyl carbamates (subject to hydrolysis) is 1. The zero-order valence-corrected chi connectivity index (χ0v) is 36.3. The number of methoxy groups -OCH3 is 1. The van der Waals surface area contributed by atoms with Crippen LogP contribution < -0.4 is 5.32 Å². The average Bonchev–Trinajstić information content (AvgIpc) is 4.12. The largest absolute Gasteiger partial charge is 0.453 e. The smallest absolute Gasteiger partial charge is 0.407 e. The molecule has 2 aliphatic heterocycles. The van der Waals surface area contributed by atoms with Crippen molar-refractivity contribution < 1.29 is 23.9 Å². The number of rotatable bonds is 13. The Morgan fingerprint density at radius 2 is 1.40 bits per heavy atom. The minimum atomic E-state index is -0.685. The first kappa shape index (κ1) is 42.4. The van der Waals surface area contributed by atoms with E-state index < -0.39 is 18.2 Å². The molecular weight excluding hydrogens is 781 g/mol. The van der Waals surface area contributed by atoms with Crippen LogP contribution in [0, 0.1) is 5.92 Å². The van der Waals surface area contributed by atoms with E-state index in [0.29, 0.717) is 26.1 Å². The molecule has 0 saturated carbocycles. The fourth-order valence-electron chi connectivity index (χ4n) is 9.04. The average molecular weight is 837 g/mol. The number of likely N-dealkylation sites (N-methyl/N-ethyl adjacent to an activating group) is 1. The lowest BCUT2D eigenvalue weighted by molar-refractivity contribution is -0.138. The first-order chi connectivity index (χ1) is 30.0. The van der Waals surface area contributed by atoms with Gasteiger partial charge in [-0.2, -0.15) is 0 Å². The third-order valence-electron chi connectivity index (χ3n) is 12.2. The van der Waals surface area contributed by atoms with Gasteiger partial charge in [-0.3, -0.25) is 14.5 Å². The zero-order chi connectivity index (χ0) is 43.5. The Balaban J connectivity index is 0.959. The van der Waals surface area contributed by atoms with Gasteiger partial charge in [-0.15, -0.1) is 0 Å². The number of carbonyl (C=O) groups excluding carboxylic acids is 3. The van der Waals surface area contributed by atoms with Crippen LogP contribution in [0.2, 0.25) is 0 Å². The van der Waals surface area contributed by atoms with Crippen LogP contribution in [0.4, 0.5) is 4.79 Å². The van der Waals surface area contributed by atoms with E-state index in [0.717, 1.165) is 74.5 Å². The predicted octanol–water partition coefficient (Wildman–Crippen LogP) is 8.31. The van der Waals surface area contributed by atoms with E-state index in [-0.39, 0.29) is 35.9 Å². The number of nitrogens with one attached hydrogen (secondary N) is 3. The first-order valence-corrected chi connectivity index (χ1v) is 21.6. The van der Waals surface area contributed by atoms with E-state index >= 15 is 0 Å². The molecule has 5 atom stereocenters. The highest BCUT2D eigenvalue weighted by Gasteiger charge is 2.42. The van der Waals surface area contributed by atoms with E-state index in [4.69, 9.17) is 19.4 Å². The van der Waals surface area contributed by atoms with Gasteiger partial charge in [0.15, 0.2) is 0 Å². The molecule has 8 rings (SSSR count). The van der Waals surface area contributed by atoms with Gasteiger partial charge in [0, 0.05) is 31.7 Å². The Kier molecular flexibility index (Phi) is 12.5. The number of ether oxygens (including phenoxy) is 2. The Bertz CT molecular complexity index is 2510. The molecule has 0 aliphatic carbocycles. The molecule has 0 radical (unpaired) electrons. The molecule has 13 heteroatoms. The summed E-state index contributed by atoms with van der Waals surface area (Å²) in [5, 5.41) is 4.93. The zero-order valence-electron chi connectivity index (χ0n) is 36.3. The molecule has 0 spiro atoms. The van der Waals surface area contributed by atoms with E-state index in [2.05, 4.69) is 75.9 Å². The van der Waals surface area contributed by atoms with Crippen molar-refractivity contribution >= 4 is 28.7 Å². The summed E-state index contributed by atoms with van der Waals surface area (Å²) in [5.74, 6) is 1.29. The van der Waals surface area contributed by atoms with Crippen molar-refractivity contribution in [3.8, 4) is 33.6 Å². The van der Waals surface area contributed by atoms with Crippen LogP contribution in [0.3, 0.4) is 0 Å². The highest BCUT2D eigenvalue weighted by atomic mass is 16.5. The van der Waals surface area contributed by atoms with Gasteiger partial charge < -0.3 is 34.6 Å². The second kappa shape index (κ2) is 18.3. The SMILES string of the molecule is CCOC1CC(c2ncc(-c3ccc(-c4ccc5cc(-c6cnc(C7CCCN7C(=O)C(NC(=O)OC)C(C)C)[nH]6)ccc5c4)cc3)[nH]2)N(C(=O)C(c2ccccc2)N(C)C)C1. The van der Waals surface area contributed by atoms with Gasteiger partial charge in [0.25, 0.3) is 0 Å². The van der Waals surface area contributed by atoms with Crippen LogP contribution in [-0.4, -0.2) is 106 Å². The molecular formula is C49H56N8O5. The second-order valence-electron chi connectivity index (χ2n) is 16.9. The summed E-state index contributed by atoms with van der Waals surface area (Å²) in [7, 11) is 5.18. The number of likely N-dealkylation sites (tertiary alicyclic amines) is 2. The highest BCUT2D eigenvalue weighted by Crippen LogP contribution is 2.38. The van der Waals surface area contributed by atoms with Crippen molar-refractivity contribution in [1.82, 2.24) is 40.0 Å². The maximum absolute atomic E-state index is 14.2. The van der Waals surface area contributed by atoms with Gasteiger partial charge in [0.1, 0.15) is 23.7 Å². The standard InChI is InChI=1S/C49H56N8O5/c1-7-62-38-26-42(57(29-38)48(59)44(55(4)5)33-12-9-8-10-13-33)46-51-27-39(52-46)32-17-15-31(16-18-32)34-19-20-36-25-37(22-21-35(36)24-34)40-28-50-45(53-40)41-14-11-23-56(41)47(58)43(30(2)3)54-49(60)61-6/h8-10,12-13,15-22,24-25,27-28,30,38,41-44H,7,11,14,23,26,29H2,1-6H3,(H,50,53)(H,51,52)(H,54,60). The third-order valence-corrected chi connectivity index (χ3v) is 12.2. The maximum Gasteiger partial charge on any atom is 0.407 e. The van der Waals surface area contributed by atoms with Crippen molar-refractivity contribution in [3.63, 3.8) is 0 Å². The Labute approximate surface area is 362 Å². The summed E-state index contributed by atoms with van der Waals surface area (Å²) >= 11 is 0. The maximum atomic E-state index is 14.2. The number of imidazole rings is 2. The minimum absolute atomic E-state index is 0.0339. The number of H-pyrrole nitrogens is 2. The van der Waals surface area contributed by atoms with E-state index in [1.54, 1.807) is 0 Å². The van der Waals surface area contributed by atoms with Gasteiger partial charge in [-0.1, -0.05) is 92.7 Å². The Hall–Kier alpha value is -6.31. The molecule has 4 heterocycles. The molecule has 2 aromatic heterocycles. The molecule has 4 aromatic carbocycles. The summed E-state index contributed by atoms with van der Waals surface area (Å²) in [6.07, 6.45) is 5.31. The van der Waals surface area contributed by atoms with Gasteiger partial charge >= 0.3 is 6.09 Å². The Morgan fingerprint density at radius 3 is 2.05 bits per heavy atom.